The van der Waals surface area contributed by atoms with Crippen LogP contribution in [-0.4, -0.2) is 311 Å². The maximum absolute atomic E-state index is 12.4. The highest BCUT2D eigenvalue weighted by molar-refractivity contribution is 7.81. The predicted molar refractivity (Wildman–Crippen MR) is 593 cm³/mol. The monoisotopic (exact) mass is 2160 g/mol. The first-order valence-electron chi connectivity index (χ1n) is 46.0. The molecule has 0 aliphatic carbocycles. The van der Waals surface area contributed by atoms with Gasteiger partial charge in [0, 0.05) is 260 Å². The Labute approximate surface area is 878 Å². The van der Waals surface area contributed by atoms with Crippen LogP contribution in [0.1, 0.15) is 144 Å². The Morgan fingerprint density at radius 1 is 0.378 bits per heavy atom. The molecular formula is C90H195F2N40O14S2-. The Morgan fingerprint density at radius 2 is 0.655 bits per heavy atom. The number of nitrogens with zero attached hydrogens (tertiary/aromatic N) is 11. The van der Waals surface area contributed by atoms with E-state index in [1.807, 2.05) is 132 Å². The van der Waals surface area contributed by atoms with Crippen molar-refractivity contribution in [3.8, 4) is 0 Å². The van der Waals surface area contributed by atoms with Gasteiger partial charge in [-0.05, 0) is 157 Å². The van der Waals surface area contributed by atoms with Crippen molar-refractivity contribution in [3.05, 3.63) is 190 Å². The lowest BCUT2D eigenvalue weighted by molar-refractivity contribution is 0.0494. The molecule has 866 valence electrons. The van der Waals surface area contributed by atoms with E-state index in [2.05, 4.69) is 91.4 Å². The Balaban J connectivity index is -0.000000247. The van der Waals surface area contributed by atoms with Crippen molar-refractivity contribution in [2.75, 3.05) is 184 Å². The summed E-state index contributed by atoms with van der Waals surface area (Å²) >= 11 is 0. The van der Waals surface area contributed by atoms with Crippen LogP contribution in [0.2, 0.25) is 0 Å². The number of hydrogen-bond acceptors (Lipinski definition) is 53. The van der Waals surface area contributed by atoms with Gasteiger partial charge in [-0.2, -0.15) is 18.6 Å². The summed E-state index contributed by atoms with van der Waals surface area (Å²) < 4.78 is 104. The molecule has 0 unspecified atom stereocenters. The number of nitrogens with one attached hydrogen (secondary N) is 7. The Kier molecular flexibility index (Phi) is 92.8. The van der Waals surface area contributed by atoms with Crippen LogP contribution in [0.5, 0.6) is 0 Å². The molecule has 0 spiro atoms. The standard InChI is InChI=1S/C28H51N9O4S.C27H47FN8.C18H40N8O7S.C17H37FN8O3.7H3N/c1-27(2,3)33-15-24(29)18-36(21-26(35-31)16-34-28(4,5)6)19-25(30)20-37(32)17-23-12-10-22(11-13-23)9-7-8-14-41-42(38,39)40;1-26(2,3)33-16-24(30)19-36(20-25(35-31)17-34-27(4,5)6)18-23(29)15-32-14-22-11-9-21(10-12-22)8-7-13-28;19-16(9-23-3-5-27)11-25(12-17(20)10-24-4-6-28)13-18(21)14-26(22)15-32-7-1-2-8-33-34(29,30)31;18-2-1-7-29-14-26(22)13-17(21)12-25(10-15(19)8-23-3-5-27)11-16(20)9-24-4-6-28;;;;;;;/h10-13,15-16,20,33H,7-9,14,17-19,21,29-32H2,1-6H3,(H,38,39,40);9-12,15-17,32-33H,7-8,13-14,18-20,29-31H2,1-6H3;9-10,14,23-24,27-28H,1-8,11-13,15,19-22H2,(H,29,30,31);8-9,13,23-24,27-28H,1-7,10-12,14,19-22H2;7*1H3/p-1/b24-15-,25-20-,34-16?,35-26?;23-15-,24-16-,34-17?,35-25?;16-9-,17-10-,18-14-;15-8-,16-9-,17-13-;;;;;;;. The molecule has 54 nitrogen and oxygen atoms in total. The molecule has 0 amide bonds. The molecule has 58 heteroatoms. The van der Waals surface area contributed by atoms with Gasteiger partial charge in [0.2, 0.25) is 10.4 Å². The van der Waals surface area contributed by atoms with Crippen LogP contribution in [0.4, 0.5) is 8.78 Å². The zero-order valence-electron chi connectivity index (χ0n) is 89.9. The second-order valence-electron chi connectivity index (χ2n) is 36.6. The van der Waals surface area contributed by atoms with Gasteiger partial charge in [-0.1, -0.05) is 48.5 Å². The molecule has 0 heterocycles. The lowest BCUT2D eigenvalue weighted by Crippen LogP contribution is -2.39. The molecule has 0 bridgehead atoms. The van der Waals surface area contributed by atoms with E-state index in [-0.39, 0.29) is 145 Å². The number of halogens is 2. The summed E-state index contributed by atoms with van der Waals surface area (Å²) in [5.41, 5.74) is 71.8. The summed E-state index contributed by atoms with van der Waals surface area (Å²) in [6, 6.07) is 16.1. The minimum atomic E-state index is -4.68. The largest absolute Gasteiger partial charge is 0.726 e. The van der Waals surface area contributed by atoms with Crippen LogP contribution in [0.25, 0.3) is 0 Å². The fourth-order valence-corrected chi connectivity index (χ4v) is 12.0. The second-order valence-corrected chi connectivity index (χ2v) is 38.7. The lowest BCUT2D eigenvalue weighted by atomic mass is 10.1. The van der Waals surface area contributed by atoms with Gasteiger partial charge in [-0.25, -0.2) is 30.1 Å². The lowest BCUT2D eigenvalue weighted by Gasteiger charge is -2.25. The van der Waals surface area contributed by atoms with Crippen LogP contribution in [0, 0.1) is 0 Å². The van der Waals surface area contributed by atoms with E-state index in [4.69, 9.17) is 121 Å². The van der Waals surface area contributed by atoms with Crippen LogP contribution in [0.3, 0.4) is 0 Å². The molecule has 0 saturated heterocycles. The maximum atomic E-state index is 12.4. The van der Waals surface area contributed by atoms with Gasteiger partial charge in [0.15, 0.2) is 0 Å². The molecule has 0 fully saturated rings. The molecule has 148 heavy (non-hydrogen) atoms. The highest BCUT2D eigenvalue weighted by Crippen LogP contribution is 2.15. The van der Waals surface area contributed by atoms with Crippen molar-refractivity contribution in [2.24, 2.45) is 107 Å². The first-order chi connectivity index (χ1) is 66.1. The van der Waals surface area contributed by atoms with Crippen LogP contribution < -0.4 is 167 Å². The quantitative estimate of drug-likeness (QED) is 0.00781. The zero-order valence-corrected chi connectivity index (χ0v) is 91.6. The predicted octanol–water partition coefficient (Wildman–Crippen LogP) is -0.113. The minimum Gasteiger partial charge on any atom is -0.726 e. The number of aryl methyl sites for hydroxylation is 2. The van der Waals surface area contributed by atoms with E-state index in [0.717, 1.165) is 41.5 Å². The van der Waals surface area contributed by atoms with Gasteiger partial charge in [0.05, 0.1) is 88.6 Å². The summed E-state index contributed by atoms with van der Waals surface area (Å²) in [6.45, 7) is 31.0. The molecule has 2 rings (SSSR count). The van der Waals surface area contributed by atoms with Crippen molar-refractivity contribution in [1.82, 2.24) is 115 Å². The third-order valence-corrected chi connectivity index (χ3v) is 18.3. The Bertz CT molecular complexity index is 4350. The van der Waals surface area contributed by atoms with Crippen LogP contribution >= 0.6 is 0 Å². The van der Waals surface area contributed by atoms with Gasteiger partial charge in [-0.3, -0.25) is 57.1 Å². The topological polar surface area (TPSA) is 1020 Å². The first kappa shape index (κ1) is 155. The molecule has 0 aliphatic rings. The summed E-state index contributed by atoms with van der Waals surface area (Å²) in [4.78, 5) is 16.8. The van der Waals surface area contributed by atoms with Crippen LogP contribution in [-0.2, 0) is 64.6 Å². The van der Waals surface area contributed by atoms with E-state index in [0.29, 0.717) is 212 Å². The number of nitrogens with two attached hydrogens (primary N) is 15. The zero-order chi connectivity index (χ0) is 107. The number of hydrogen-bond donors (Lipinski definition) is 34. The Morgan fingerprint density at radius 3 is 0.966 bits per heavy atom. The van der Waals surface area contributed by atoms with Crippen molar-refractivity contribution in [3.63, 3.8) is 0 Å². The van der Waals surface area contributed by atoms with Gasteiger partial charge >= 0.3 is 10.4 Å². The Hall–Kier alpha value is -11.1. The number of benzene rings is 2. The number of ether oxygens (including phenoxy) is 2. The molecular weight excluding hydrogens is 1970 g/mol. The number of hydrazone groups is 2. The maximum Gasteiger partial charge on any atom is 0.397 e. The van der Waals surface area contributed by atoms with Crippen molar-refractivity contribution in [1.29, 1.82) is 0 Å². The summed E-state index contributed by atoms with van der Waals surface area (Å²) in [5.74, 6) is 29.2. The molecule has 63 N–H and O–H groups in total. The van der Waals surface area contributed by atoms with Crippen LogP contribution in [0.15, 0.2) is 188 Å². The number of aliphatic hydroxyl groups excluding tert-OH is 4. The highest BCUT2D eigenvalue weighted by Gasteiger charge is 2.20. The SMILES string of the molecule is CC(C)(C)N=CC(CN(C/C(N)=C/NC(C)(C)C)C/C(N)=C/N(N)Cc1ccc(CCCCOS(=O)(=O)O)cc1)=NN.CC(C)(C)N=CC(CN(C/C(N)=C/NCc1ccc(CCCF)cc1)C/C(N)=C/NC(C)(C)C)=NN.N.N.N.N.N.N.N.N/C(=C\NCCO)CN(C/C(N)=C/NCCO)C/C(N)=C/N(N)COCCCCOS(=O)(=O)[O-].N/C(=C\NCCO)CN(C/C(N)=C/NCCO)C/C(N)=C/N(N)COCCCF. The third kappa shape index (κ3) is 98.3. The van der Waals surface area contributed by atoms with E-state index in [1.165, 1.54) is 27.4 Å². The summed E-state index contributed by atoms with van der Waals surface area (Å²) in [7, 11) is -9.06. The minimum absolute atomic E-state index is 0. The number of aliphatic imine (C=N–C) groups is 2. The molecule has 0 aromatic heterocycles. The normalized spacial score (nSPS) is 13.1. The molecule has 2 aromatic rings. The highest BCUT2D eigenvalue weighted by atomic mass is 32.3. The molecule has 0 aliphatic heterocycles. The van der Waals surface area contributed by atoms with E-state index in [1.54, 1.807) is 55.8 Å². The van der Waals surface area contributed by atoms with Gasteiger partial charge < -0.3 is 189 Å². The average Bonchev–Trinajstić information content (AvgIpc) is 0.901. The summed E-state index contributed by atoms with van der Waals surface area (Å²) in [5, 5.41) is 68.5. The first-order valence-corrected chi connectivity index (χ1v) is 48.7. The number of hydrazine groups is 3. The molecule has 0 atom stereocenters. The number of alkyl halides is 2. The molecule has 2 aromatic carbocycles. The van der Waals surface area contributed by atoms with Crippen molar-refractivity contribution >= 4 is 44.7 Å². The van der Waals surface area contributed by atoms with Gasteiger partial charge in [-0.15, -0.1) is 0 Å². The second kappa shape index (κ2) is 88.8. The number of aliphatic hydroxyl groups is 4. The molecule has 0 radical (unpaired) electrons. The smallest absolute Gasteiger partial charge is 0.397 e. The fourth-order valence-electron chi connectivity index (χ4n) is 11.3. The molecule has 0 saturated carbocycles. The van der Waals surface area contributed by atoms with Gasteiger partial charge in [0.25, 0.3) is 0 Å². The van der Waals surface area contributed by atoms with Gasteiger partial charge in [0.1, 0.15) is 13.5 Å². The number of unbranched alkanes of at least 4 members (excludes halogenated alkanes) is 2. The van der Waals surface area contributed by atoms with Crippen molar-refractivity contribution in [2.45, 2.75) is 170 Å². The fraction of sp³-hybridized carbons (Fsp3) is 0.600. The average molecular weight is 2160 g/mol. The third-order valence-electron chi connectivity index (χ3n) is 17.4. The summed E-state index contributed by atoms with van der Waals surface area (Å²) in [6.07, 6.45) is 24.3. The van der Waals surface area contributed by atoms with E-state index < -0.39 is 27.5 Å². The van der Waals surface area contributed by atoms with E-state index >= 15 is 0 Å². The van der Waals surface area contributed by atoms with Crippen molar-refractivity contribution < 1.29 is 73.0 Å². The van der Waals surface area contributed by atoms with E-state index in [9.17, 15) is 30.2 Å². The number of rotatable bonds is 70.